The van der Waals surface area contributed by atoms with Crippen molar-refractivity contribution in [3.63, 3.8) is 0 Å². The number of anilines is 1. The van der Waals surface area contributed by atoms with E-state index in [0.717, 1.165) is 0 Å². The monoisotopic (exact) mass is 504 g/mol. The lowest BCUT2D eigenvalue weighted by molar-refractivity contribution is -0.384. The van der Waals surface area contributed by atoms with Crippen LogP contribution in [-0.2, 0) is 23.8 Å². The van der Waals surface area contributed by atoms with Gasteiger partial charge in [0.05, 0.1) is 26.3 Å². The SMILES string of the molecule is COC(=O)C1=C(C(=O)OC)N(c2ccc(OC)cc2)[C@H](c2ccccc2)O[C@H]1c1ccc([N+](=O)[O-])cc1. The summed E-state index contributed by atoms with van der Waals surface area (Å²) in [5, 5.41) is 11.2. The van der Waals surface area contributed by atoms with E-state index >= 15 is 0 Å². The van der Waals surface area contributed by atoms with E-state index in [2.05, 4.69) is 0 Å². The van der Waals surface area contributed by atoms with Gasteiger partial charge in [0.25, 0.3) is 5.69 Å². The maximum absolute atomic E-state index is 13.3. The zero-order chi connectivity index (χ0) is 26.5. The number of rotatable bonds is 7. The Bertz CT molecular complexity index is 1320. The van der Waals surface area contributed by atoms with Gasteiger partial charge in [0, 0.05) is 23.4 Å². The normalized spacial score (nSPS) is 17.2. The predicted molar refractivity (Wildman–Crippen MR) is 133 cm³/mol. The number of hydrogen-bond donors (Lipinski definition) is 0. The number of methoxy groups -OCH3 is 3. The predicted octanol–water partition coefficient (Wildman–Crippen LogP) is 4.48. The van der Waals surface area contributed by atoms with Crippen molar-refractivity contribution in [1.29, 1.82) is 0 Å². The molecule has 0 unspecified atom stereocenters. The molecule has 0 aliphatic carbocycles. The molecule has 0 fully saturated rings. The highest BCUT2D eigenvalue weighted by molar-refractivity contribution is 6.04. The molecule has 10 nitrogen and oxygen atoms in total. The maximum Gasteiger partial charge on any atom is 0.355 e. The molecule has 1 aliphatic rings. The number of non-ortho nitro benzene ring substituents is 1. The summed E-state index contributed by atoms with van der Waals surface area (Å²) in [6, 6.07) is 21.6. The molecule has 1 heterocycles. The van der Waals surface area contributed by atoms with E-state index in [9.17, 15) is 19.7 Å². The molecule has 0 radical (unpaired) electrons. The topological polar surface area (TPSA) is 117 Å². The van der Waals surface area contributed by atoms with Crippen LogP contribution in [0.2, 0.25) is 0 Å². The minimum absolute atomic E-state index is 0.0806. The Morgan fingerprint density at radius 2 is 1.46 bits per heavy atom. The summed E-state index contributed by atoms with van der Waals surface area (Å²) in [4.78, 5) is 38.7. The fourth-order valence-corrected chi connectivity index (χ4v) is 4.12. The zero-order valence-electron chi connectivity index (χ0n) is 20.3. The van der Waals surface area contributed by atoms with E-state index in [4.69, 9.17) is 18.9 Å². The first-order valence-electron chi connectivity index (χ1n) is 11.2. The fraction of sp³-hybridized carbons (Fsp3) is 0.185. The van der Waals surface area contributed by atoms with E-state index in [0.29, 0.717) is 22.6 Å². The molecule has 3 aromatic carbocycles. The number of nitro benzene ring substituents is 1. The van der Waals surface area contributed by atoms with Crippen molar-refractivity contribution in [3.05, 3.63) is 111 Å². The lowest BCUT2D eigenvalue weighted by Gasteiger charge is -2.42. The average Bonchev–Trinajstić information content (AvgIpc) is 2.95. The van der Waals surface area contributed by atoms with Crippen molar-refractivity contribution >= 4 is 23.3 Å². The van der Waals surface area contributed by atoms with E-state index in [1.165, 1.54) is 45.6 Å². The quantitative estimate of drug-likeness (QED) is 0.261. The summed E-state index contributed by atoms with van der Waals surface area (Å²) in [7, 11) is 3.94. The number of nitro groups is 1. The summed E-state index contributed by atoms with van der Waals surface area (Å²) in [5.41, 5.74) is 1.32. The van der Waals surface area contributed by atoms with Gasteiger partial charge in [-0.1, -0.05) is 30.3 Å². The number of carbonyl (C=O) groups excluding carboxylic acids is 2. The molecule has 1 aliphatic heterocycles. The van der Waals surface area contributed by atoms with Crippen molar-refractivity contribution in [2.75, 3.05) is 26.2 Å². The molecule has 10 heteroatoms. The molecule has 0 saturated heterocycles. The van der Waals surface area contributed by atoms with Crippen molar-refractivity contribution in [3.8, 4) is 5.75 Å². The average molecular weight is 504 g/mol. The van der Waals surface area contributed by atoms with Crippen LogP contribution in [0.15, 0.2) is 90.1 Å². The standard InChI is InChI=1S/C27H24N2O8/c1-34-21-15-13-19(14-16-21)28-23(27(31)36-3)22(26(30)35-2)24(17-9-11-20(12-10-17)29(32)33)37-25(28)18-7-5-4-6-8-18/h4-16,24-25H,1-3H3/t24-,25-/m0/s1. The van der Waals surface area contributed by atoms with Gasteiger partial charge in [-0.25, -0.2) is 9.59 Å². The number of carbonyl (C=O) groups is 2. The van der Waals surface area contributed by atoms with Crippen molar-refractivity contribution in [1.82, 2.24) is 0 Å². The van der Waals surface area contributed by atoms with Crippen LogP contribution < -0.4 is 9.64 Å². The fourth-order valence-electron chi connectivity index (χ4n) is 4.12. The zero-order valence-corrected chi connectivity index (χ0v) is 20.3. The summed E-state index contributed by atoms with van der Waals surface area (Å²) >= 11 is 0. The Balaban J connectivity index is 2.00. The second-order valence-corrected chi connectivity index (χ2v) is 7.94. The van der Waals surface area contributed by atoms with Crippen LogP contribution in [0.3, 0.4) is 0 Å². The minimum Gasteiger partial charge on any atom is -0.497 e. The number of ether oxygens (including phenoxy) is 4. The highest BCUT2D eigenvalue weighted by atomic mass is 16.6. The Kier molecular flexibility index (Phi) is 7.49. The third-order valence-corrected chi connectivity index (χ3v) is 5.88. The smallest absolute Gasteiger partial charge is 0.355 e. The Labute approximate surface area is 212 Å². The molecule has 0 bridgehead atoms. The molecule has 37 heavy (non-hydrogen) atoms. The molecular weight excluding hydrogens is 480 g/mol. The Hall–Kier alpha value is -4.70. The highest BCUT2D eigenvalue weighted by Gasteiger charge is 2.44. The molecule has 0 spiro atoms. The molecule has 0 amide bonds. The first-order chi connectivity index (χ1) is 17.9. The van der Waals surface area contributed by atoms with E-state index in [1.807, 2.05) is 30.3 Å². The van der Waals surface area contributed by atoms with Gasteiger partial charge in [-0.05, 0) is 42.0 Å². The van der Waals surface area contributed by atoms with Gasteiger partial charge in [-0.2, -0.15) is 0 Å². The number of hydrogen-bond acceptors (Lipinski definition) is 9. The lowest BCUT2D eigenvalue weighted by atomic mass is 9.95. The van der Waals surface area contributed by atoms with Crippen LogP contribution in [0.5, 0.6) is 5.75 Å². The summed E-state index contributed by atoms with van der Waals surface area (Å²) in [5.74, 6) is -1.00. The van der Waals surface area contributed by atoms with Crippen molar-refractivity contribution < 1.29 is 33.5 Å². The third-order valence-electron chi connectivity index (χ3n) is 5.88. The van der Waals surface area contributed by atoms with Gasteiger partial charge >= 0.3 is 11.9 Å². The second kappa shape index (κ2) is 10.9. The molecular formula is C27H24N2O8. The Morgan fingerprint density at radius 3 is 2.00 bits per heavy atom. The van der Waals surface area contributed by atoms with Crippen LogP contribution in [0.25, 0.3) is 0 Å². The summed E-state index contributed by atoms with van der Waals surface area (Å²) in [6.07, 6.45) is -1.97. The minimum atomic E-state index is -1.10. The summed E-state index contributed by atoms with van der Waals surface area (Å²) in [6.45, 7) is 0. The number of benzene rings is 3. The Morgan fingerprint density at radius 1 is 0.838 bits per heavy atom. The van der Waals surface area contributed by atoms with Crippen molar-refractivity contribution in [2.24, 2.45) is 0 Å². The van der Waals surface area contributed by atoms with Crippen LogP contribution in [0, 0.1) is 10.1 Å². The van der Waals surface area contributed by atoms with Gasteiger partial charge in [0.15, 0.2) is 6.23 Å². The maximum atomic E-state index is 13.3. The molecule has 2 atom stereocenters. The number of nitrogens with zero attached hydrogens (tertiary/aromatic N) is 2. The molecule has 190 valence electrons. The molecule has 0 N–H and O–H groups in total. The first-order valence-corrected chi connectivity index (χ1v) is 11.2. The first kappa shape index (κ1) is 25.4. The summed E-state index contributed by atoms with van der Waals surface area (Å²) < 4.78 is 21.9. The highest BCUT2D eigenvalue weighted by Crippen LogP contribution is 2.46. The van der Waals surface area contributed by atoms with Gasteiger partial charge in [0.2, 0.25) is 0 Å². The van der Waals surface area contributed by atoms with Crippen LogP contribution in [0.4, 0.5) is 11.4 Å². The van der Waals surface area contributed by atoms with E-state index < -0.39 is 29.2 Å². The molecule has 0 saturated carbocycles. The van der Waals surface area contributed by atoms with Gasteiger partial charge in [0.1, 0.15) is 23.1 Å². The van der Waals surface area contributed by atoms with Crippen LogP contribution >= 0.6 is 0 Å². The van der Waals surface area contributed by atoms with E-state index in [-0.39, 0.29) is 17.0 Å². The lowest BCUT2D eigenvalue weighted by Crippen LogP contribution is -2.42. The third kappa shape index (κ3) is 5.00. The van der Waals surface area contributed by atoms with Gasteiger partial charge in [-0.3, -0.25) is 10.1 Å². The van der Waals surface area contributed by atoms with Gasteiger partial charge < -0.3 is 23.8 Å². The van der Waals surface area contributed by atoms with Crippen LogP contribution in [0.1, 0.15) is 23.5 Å². The number of esters is 2. The van der Waals surface area contributed by atoms with E-state index in [1.54, 1.807) is 29.2 Å². The molecule has 3 aromatic rings. The van der Waals surface area contributed by atoms with Crippen LogP contribution in [-0.4, -0.2) is 38.2 Å². The van der Waals surface area contributed by atoms with Gasteiger partial charge in [-0.15, -0.1) is 0 Å². The van der Waals surface area contributed by atoms with Crippen molar-refractivity contribution in [2.45, 2.75) is 12.3 Å². The second-order valence-electron chi connectivity index (χ2n) is 7.94. The molecule has 0 aromatic heterocycles. The molecule has 4 rings (SSSR count). The largest absolute Gasteiger partial charge is 0.497 e.